The molecule has 0 heterocycles. The number of aliphatic hydroxyl groups is 1. The van der Waals surface area contributed by atoms with Gasteiger partial charge in [0.15, 0.2) is 0 Å². The third kappa shape index (κ3) is 3.97. The molecule has 2 N–H and O–H groups in total. The summed E-state index contributed by atoms with van der Waals surface area (Å²) in [4.78, 5) is 0. The van der Waals surface area contributed by atoms with Gasteiger partial charge < -0.3 is 10.4 Å². The second-order valence-electron chi connectivity index (χ2n) is 5.34. The molecule has 0 spiro atoms. The smallest absolute Gasteiger partial charge is 0.0771 e. The van der Waals surface area contributed by atoms with E-state index in [9.17, 15) is 5.11 Å². The molecule has 1 atom stereocenters. The average molecular weight is 199 g/mol. The molecule has 0 saturated heterocycles. The summed E-state index contributed by atoms with van der Waals surface area (Å²) in [5.41, 5.74) is -0.398. The predicted molar refractivity (Wildman–Crippen MR) is 60.3 cm³/mol. The van der Waals surface area contributed by atoms with Crippen molar-refractivity contribution in [3.05, 3.63) is 0 Å². The third-order valence-corrected chi connectivity index (χ3v) is 3.14. The van der Waals surface area contributed by atoms with Crippen LogP contribution in [-0.4, -0.2) is 23.3 Å². The molecule has 2 heteroatoms. The van der Waals surface area contributed by atoms with Crippen molar-refractivity contribution in [2.75, 3.05) is 6.54 Å². The van der Waals surface area contributed by atoms with Gasteiger partial charge in [-0.1, -0.05) is 26.7 Å². The Hall–Kier alpha value is -0.0800. The molecule has 1 saturated carbocycles. The molecule has 0 aromatic heterocycles. The first-order valence-corrected chi connectivity index (χ1v) is 5.98. The van der Waals surface area contributed by atoms with Crippen LogP contribution in [-0.2, 0) is 0 Å². The van der Waals surface area contributed by atoms with Gasteiger partial charge >= 0.3 is 0 Å². The van der Waals surface area contributed by atoms with Crippen LogP contribution in [0.1, 0.15) is 52.9 Å². The SMILES string of the molecule is CC(C)CC(C)NCC1(O)CCCC1. The molecule has 1 aliphatic rings. The summed E-state index contributed by atoms with van der Waals surface area (Å²) in [5, 5.41) is 13.6. The zero-order chi connectivity index (χ0) is 10.6. The Bertz CT molecular complexity index is 162. The van der Waals surface area contributed by atoms with Crippen LogP contribution in [0.5, 0.6) is 0 Å². The minimum atomic E-state index is -0.398. The summed E-state index contributed by atoms with van der Waals surface area (Å²) in [5.74, 6) is 0.732. The van der Waals surface area contributed by atoms with Gasteiger partial charge in [-0.15, -0.1) is 0 Å². The van der Waals surface area contributed by atoms with E-state index < -0.39 is 5.60 Å². The molecule has 0 aliphatic heterocycles. The lowest BCUT2D eigenvalue weighted by Gasteiger charge is -2.25. The van der Waals surface area contributed by atoms with E-state index in [-0.39, 0.29) is 0 Å². The van der Waals surface area contributed by atoms with Crippen molar-refractivity contribution >= 4 is 0 Å². The lowest BCUT2D eigenvalue weighted by molar-refractivity contribution is 0.0447. The molecule has 0 amide bonds. The van der Waals surface area contributed by atoms with E-state index in [4.69, 9.17) is 0 Å². The molecule has 0 radical (unpaired) electrons. The molecular formula is C12H25NO. The lowest BCUT2D eigenvalue weighted by atomic mass is 10.0. The van der Waals surface area contributed by atoms with Gasteiger partial charge in [-0.25, -0.2) is 0 Å². The van der Waals surface area contributed by atoms with Crippen LogP contribution in [0.25, 0.3) is 0 Å². The minimum absolute atomic E-state index is 0.398. The van der Waals surface area contributed by atoms with Crippen LogP contribution in [0.2, 0.25) is 0 Å². The minimum Gasteiger partial charge on any atom is -0.389 e. The maximum atomic E-state index is 10.1. The Morgan fingerprint density at radius 1 is 1.21 bits per heavy atom. The van der Waals surface area contributed by atoms with Gasteiger partial charge in [0.1, 0.15) is 0 Å². The van der Waals surface area contributed by atoms with Gasteiger partial charge in [-0.2, -0.15) is 0 Å². The molecule has 1 fully saturated rings. The zero-order valence-electron chi connectivity index (χ0n) is 9.84. The van der Waals surface area contributed by atoms with Gasteiger partial charge in [0.2, 0.25) is 0 Å². The summed E-state index contributed by atoms with van der Waals surface area (Å²) < 4.78 is 0. The molecule has 0 bridgehead atoms. The highest BCUT2D eigenvalue weighted by Crippen LogP contribution is 2.28. The van der Waals surface area contributed by atoms with Crippen molar-refractivity contribution in [1.29, 1.82) is 0 Å². The molecule has 0 aromatic carbocycles. The number of rotatable bonds is 5. The maximum Gasteiger partial charge on any atom is 0.0771 e. The number of nitrogens with one attached hydrogen (secondary N) is 1. The quantitative estimate of drug-likeness (QED) is 0.712. The first-order chi connectivity index (χ1) is 6.52. The van der Waals surface area contributed by atoms with Gasteiger partial charge in [-0.3, -0.25) is 0 Å². The highest BCUT2D eigenvalue weighted by atomic mass is 16.3. The van der Waals surface area contributed by atoms with Crippen molar-refractivity contribution < 1.29 is 5.11 Å². The van der Waals surface area contributed by atoms with Gasteiger partial charge in [-0.05, 0) is 32.1 Å². The maximum absolute atomic E-state index is 10.1. The van der Waals surface area contributed by atoms with Gasteiger partial charge in [0.05, 0.1) is 5.60 Å². The summed E-state index contributed by atoms with van der Waals surface area (Å²) in [6.07, 6.45) is 5.53. The van der Waals surface area contributed by atoms with Crippen molar-refractivity contribution in [2.24, 2.45) is 5.92 Å². The van der Waals surface area contributed by atoms with Crippen molar-refractivity contribution in [3.8, 4) is 0 Å². The molecule has 14 heavy (non-hydrogen) atoms. The molecule has 84 valence electrons. The normalized spacial score (nSPS) is 22.9. The van der Waals surface area contributed by atoms with Crippen molar-refractivity contribution in [2.45, 2.75) is 64.5 Å². The highest BCUT2D eigenvalue weighted by Gasteiger charge is 2.30. The van der Waals surface area contributed by atoms with Crippen molar-refractivity contribution in [3.63, 3.8) is 0 Å². The summed E-state index contributed by atoms with van der Waals surface area (Å²) in [7, 11) is 0. The Kier molecular flexibility index (Phi) is 4.39. The van der Waals surface area contributed by atoms with E-state index in [0.29, 0.717) is 6.04 Å². The topological polar surface area (TPSA) is 32.3 Å². The first kappa shape index (κ1) is 12.0. The third-order valence-electron chi connectivity index (χ3n) is 3.14. The predicted octanol–water partition coefficient (Wildman–Crippen LogP) is 2.32. The van der Waals surface area contributed by atoms with Crippen molar-refractivity contribution in [1.82, 2.24) is 5.32 Å². The summed E-state index contributed by atoms with van der Waals surface area (Å²) in [6, 6.07) is 0.527. The Labute approximate surface area is 88.1 Å². The molecular weight excluding hydrogens is 174 g/mol. The average Bonchev–Trinajstić information content (AvgIpc) is 2.49. The molecule has 2 nitrogen and oxygen atoms in total. The van der Waals surface area contributed by atoms with E-state index in [0.717, 1.165) is 25.3 Å². The highest BCUT2D eigenvalue weighted by molar-refractivity contribution is 4.87. The van der Waals surface area contributed by atoms with Crippen LogP contribution in [0.4, 0.5) is 0 Å². The molecule has 1 rings (SSSR count). The Morgan fingerprint density at radius 2 is 1.79 bits per heavy atom. The number of hydrogen-bond acceptors (Lipinski definition) is 2. The van der Waals surface area contributed by atoms with Crippen LogP contribution >= 0.6 is 0 Å². The Morgan fingerprint density at radius 3 is 2.29 bits per heavy atom. The molecule has 0 aromatic rings. The molecule has 1 aliphatic carbocycles. The van der Waals surface area contributed by atoms with Gasteiger partial charge in [0, 0.05) is 12.6 Å². The summed E-state index contributed by atoms with van der Waals surface area (Å²) in [6.45, 7) is 7.46. The first-order valence-electron chi connectivity index (χ1n) is 5.98. The van der Waals surface area contributed by atoms with Crippen LogP contribution < -0.4 is 5.32 Å². The van der Waals surface area contributed by atoms with Crippen LogP contribution in [0.15, 0.2) is 0 Å². The van der Waals surface area contributed by atoms with E-state index in [1.54, 1.807) is 0 Å². The number of hydrogen-bond donors (Lipinski definition) is 2. The second kappa shape index (κ2) is 5.13. The fraction of sp³-hybridized carbons (Fsp3) is 1.00. The van der Waals surface area contributed by atoms with E-state index in [1.807, 2.05) is 0 Å². The van der Waals surface area contributed by atoms with Gasteiger partial charge in [0.25, 0.3) is 0 Å². The second-order valence-corrected chi connectivity index (χ2v) is 5.34. The standard InChI is InChI=1S/C12H25NO/c1-10(2)8-11(3)13-9-12(14)6-4-5-7-12/h10-11,13-14H,4-9H2,1-3H3. The molecule has 1 unspecified atom stereocenters. The van der Waals surface area contributed by atoms with E-state index >= 15 is 0 Å². The Balaban J connectivity index is 2.18. The van der Waals surface area contributed by atoms with E-state index in [1.165, 1.54) is 19.3 Å². The van der Waals surface area contributed by atoms with Crippen LogP contribution in [0.3, 0.4) is 0 Å². The fourth-order valence-corrected chi connectivity index (χ4v) is 2.36. The lowest BCUT2D eigenvalue weighted by Crippen LogP contribution is -2.42. The zero-order valence-corrected chi connectivity index (χ0v) is 9.84. The summed E-state index contributed by atoms with van der Waals surface area (Å²) >= 11 is 0. The van der Waals surface area contributed by atoms with E-state index in [2.05, 4.69) is 26.1 Å². The largest absolute Gasteiger partial charge is 0.389 e. The van der Waals surface area contributed by atoms with Crippen LogP contribution in [0, 0.1) is 5.92 Å². The fourth-order valence-electron chi connectivity index (χ4n) is 2.36. The monoisotopic (exact) mass is 199 g/mol.